The van der Waals surface area contributed by atoms with Crippen LogP contribution in [0.3, 0.4) is 0 Å². The zero-order chi connectivity index (χ0) is 13.9. The first-order valence-corrected chi connectivity index (χ1v) is 7.78. The normalized spacial score (nSPS) is 11.6. The number of sulfonamides is 1. The van der Waals surface area contributed by atoms with E-state index in [4.69, 9.17) is 5.73 Å². The first kappa shape index (κ1) is 14.0. The Kier molecular flexibility index (Phi) is 4.23. The van der Waals surface area contributed by atoms with Gasteiger partial charge in [-0.1, -0.05) is 0 Å². The molecular formula is C11H13BrN4O2S. The molecule has 2 rings (SSSR count). The molecule has 6 nitrogen and oxygen atoms in total. The summed E-state index contributed by atoms with van der Waals surface area (Å²) >= 11 is 3.21. The van der Waals surface area contributed by atoms with E-state index in [1.807, 2.05) is 0 Å². The topological polar surface area (TPSA) is 101 Å². The molecule has 0 amide bonds. The van der Waals surface area contributed by atoms with E-state index in [0.717, 1.165) is 5.69 Å². The van der Waals surface area contributed by atoms with Gasteiger partial charge in [0.1, 0.15) is 0 Å². The third-order valence-electron chi connectivity index (χ3n) is 2.49. The molecule has 0 radical (unpaired) electrons. The van der Waals surface area contributed by atoms with Crippen molar-refractivity contribution in [3.05, 3.63) is 40.9 Å². The molecule has 2 aromatic rings. The van der Waals surface area contributed by atoms with E-state index < -0.39 is 10.0 Å². The number of rotatable bonds is 5. The summed E-state index contributed by atoms with van der Waals surface area (Å²) in [5.41, 5.74) is 6.87. The van der Waals surface area contributed by atoms with Crippen molar-refractivity contribution in [3.8, 4) is 0 Å². The summed E-state index contributed by atoms with van der Waals surface area (Å²) < 4.78 is 27.2. The molecule has 0 unspecified atom stereocenters. The van der Waals surface area contributed by atoms with Crippen molar-refractivity contribution in [2.45, 2.75) is 11.3 Å². The van der Waals surface area contributed by atoms with Gasteiger partial charge in [0.25, 0.3) is 0 Å². The number of hydrogen-bond donors (Lipinski definition) is 3. The number of benzene rings is 1. The van der Waals surface area contributed by atoms with Crippen LogP contribution in [0, 0.1) is 0 Å². The van der Waals surface area contributed by atoms with Crippen LogP contribution in [-0.2, 0) is 16.4 Å². The van der Waals surface area contributed by atoms with Gasteiger partial charge < -0.3 is 10.7 Å². The summed E-state index contributed by atoms with van der Waals surface area (Å²) in [4.78, 5) is 6.91. The smallest absolute Gasteiger partial charge is 0.241 e. The lowest BCUT2D eigenvalue weighted by Gasteiger charge is -2.08. The minimum absolute atomic E-state index is 0.136. The fraction of sp³-hybridized carbons (Fsp3) is 0.182. The van der Waals surface area contributed by atoms with Gasteiger partial charge in [-0.15, -0.1) is 0 Å². The average molecular weight is 345 g/mol. The number of nitrogens with two attached hydrogens (primary N) is 1. The molecule has 0 aliphatic carbocycles. The zero-order valence-electron chi connectivity index (χ0n) is 9.93. The van der Waals surface area contributed by atoms with Crippen LogP contribution >= 0.6 is 15.9 Å². The molecule has 0 atom stereocenters. The zero-order valence-corrected chi connectivity index (χ0v) is 12.3. The number of nitrogens with zero attached hydrogens (tertiary/aromatic N) is 1. The summed E-state index contributed by atoms with van der Waals surface area (Å²) in [5.74, 6) is 0. The van der Waals surface area contributed by atoms with Crippen LogP contribution in [-0.4, -0.2) is 24.9 Å². The standard InChI is InChI=1S/C11H13BrN4O2S/c12-10-2-1-8(13)5-11(10)19(17,18)16-4-3-9-6-14-7-15-9/h1-2,5-7,16H,3-4,13H2,(H,14,15). The van der Waals surface area contributed by atoms with E-state index in [9.17, 15) is 8.42 Å². The van der Waals surface area contributed by atoms with Gasteiger partial charge in [0, 0.05) is 35.0 Å². The fourth-order valence-electron chi connectivity index (χ4n) is 1.55. The summed E-state index contributed by atoms with van der Waals surface area (Å²) in [6.45, 7) is 0.283. The lowest BCUT2D eigenvalue weighted by atomic mass is 10.3. The molecule has 19 heavy (non-hydrogen) atoms. The second-order valence-electron chi connectivity index (χ2n) is 3.91. The van der Waals surface area contributed by atoms with Crippen molar-refractivity contribution in [2.75, 3.05) is 12.3 Å². The predicted molar refractivity (Wildman–Crippen MR) is 76.0 cm³/mol. The lowest BCUT2D eigenvalue weighted by Crippen LogP contribution is -2.26. The lowest BCUT2D eigenvalue weighted by molar-refractivity contribution is 0.581. The summed E-state index contributed by atoms with van der Waals surface area (Å²) in [7, 11) is -3.58. The van der Waals surface area contributed by atoms with Crippen LogP contribution in [0.2, 0.25) is 0 Å². The number of imidazole rings is 1. The predicted octanol–water partition coefficient (Wildman–Crippen LogP) is 1.28. The van der Waals surface area contributed by atoms with Gasteiger partial charge >= 0.3 is 0 Å². The Bertz CT molecular complexity index is 655. The number of hydrogen-bond acceptors (Lipinski definition) is 4. The highest BCUT2D eigenvalue weighted by Crippen LogP contribution is 2.23. The van der Waals surface area contributed by atoms with Crippen LogP contribution in [0.4, 0.5) is 5.69 Å². The molecule has 4 N–H and O–H groups in total. The van der Waals surface area contributed by atoms with Gasteiger partial charge in [-0.3, -0.25) is 0 Å². The van der Waals surface area contributed by atoms with Crippen LogP contribution in [0.25, 0.3) is 0 Å². The molecule has 0 saturated heterocycles. The van der Waals surface area contributed by atoms with Crippen molar-refractivity contribution in [1.82, 2.24) is 14.7 Å². The number of aromatic amines is 1. The Morgan fingerprint density at radius 2 is 2.21 bits per heavy atom. The Morgan fingerprint density at radius 1 is 1.42 bits per heavy atom. The van der Waals surface area contributed by atoms with Crippen molar-refractivity contribution < 1.29 is 8.42 Å². The van der Waals surface area contributed by atoms with E-state index in [1.54, 1.807) is 24.7 Å². The Labute approximate surface area is 119 Å². The first-order chi connectivity index (χ1) is 8.99. The Hall–Kier alpha value is -1.38. The highest BCUT2D eigenvalue weighted by molar-refractivity contribution is 9.10. The van der Waals surface area contributed by atoms with Crippen molar-refractivity contribution >= 4 is 31.6 Å². The molecule has 102 valence electrons. The van der Waals surface area contributed by atoms with Crippen LogP contribution < -0.4 is 10.5 Å². The van der Waals surface area contributed by atoms with Gasteiger partial charge in [0.15, 0.2) is 0 Å². The maximum absolute atomic E-state index is 12.1. The number of nitrogen functional groups attached to an aromatic ring is 1. The molecule has 1 aromatic heterocycles. The van der Waals surface area contributed by atoms with Crippen molar-refractivity contribution in [3.63, 3.8) is 0 Å². The molecule has 0 fully saturated rings. The minimum Gasteiger partial charge on any atom is -0.399 e. The van der Waals surface area contributed by atoms with Gasteiger partial charge in [0.2, 0.25) is 10.0 Å². The highest BCUT2D eigenvalue weighted by Gasteiger charge is 2.17. The third kappa shape index (κ3) is 3.55. The van der Waals surface area contributed by atoms with E-state index in [2.05, 4.69) is 30.6 Å². The van der Waals surface area contributed by atoms with Crippen LogP contribution in [0.15, 0.2) is 40.1 Å². The largest absolute Gasteiger partial charge is 0.399 e. The van der Waals surface area contributed by atoms with Gasteiger partial charge in [-0.25, -0.2) is 18.1 Å². The molecule has 0 aliphatic heterocycles. The van der Waals surface area contributed by atoms with E-state index in [0.29, 0.717) is 16.6 Å². The minimum atomic E-state index is -3.58. The molecule has 8 heteroatoms. The monoisotopic (exact) mass is 344 g/mol. The maximum atomic E-state index is 12.1. The number of aromatic nitrogens is 2. The van der Waals surface area contributed by atoms with Crippen LogP contribution in [0.5, 0.6) is 0 Å². The molecule has 0 saturated carbocycles. The summed E-state index contributed by atoms with van der Waals surface area (Å²) in [5, 5.41) is 0. The molecular weight excluding hydrogens is 332 g/mol. The van der Waals surface area contributed by atoms with E-state index >= 15 is 0 Å². The maximum Gasteiger partial charge on any atom is 0.241 e. The molecule has 0 aliphatic rings. The SMILES string of the molecule is Nc1ccc(Br)c(S(=O)(=O)NCCc2cnc[nH]2)c1. The van der Waals surface area contributed by atoms with Crippen LogP contribution in [0.1, 0.15) is 5.69 Å². The Balaban J connectivity index is 2.07. The third-order valence-corrected chi connectivity index (χ3v) is 4.94. The molecule has 0 spiro atoms. The number of anilines is 1. The number of nitrogens with one attached hydrogen (secondary N) is 2. The summed E-state index contributed by atoms with van der Waals surface area (Å²) in [6, 6.07) is 4.66. The number of halogens is 1. The Morgan fingerprint density at radius 3 is 2.89 bits per heavy atom. The molecule has 0 bridgehead atoms. The van der Waals surface area contributed by atoms with Gasteiger partial charge in [0.05, 0.1) is 11.2 Å². The summed E-state index contributed by atoms with van der Waals surface area (Å²) in [6.07, 6.45) is 3.75. The number of H-pyrrole nitrogens is 1. The second-order valence-corrected chi connectivity index (χ2v) is 6.50. The van der Waals surface area contributed by atoms with E-state index in [-0.39, 0.29) is 11.4 Å². The average Bonchev–Trinajstić information content (AvgIpc) is 2.85. The van der Waals surface area contributed by atoms with Gasteiger partial charge in [-0.2, -0.15) is 0 Å². The van der Waals surface area contributed by atoms with Gasteiger partial charge in [-0.05, 0) is 34.1 Å². The quantitative estimate of drug-likeness (QED) is 0.711. The molecule has 1 aromatic carbocycles. The second kappa shape index (κ2) is 5.72. The van der Waals surface area contributed by atoms with Crippen molar-refractivity contribution in [1.29, 1.82) is 0 Å². The van der Waals surface area contributed by atoms with E-state index in [1.165, 1.54) is 6.07 Å². The first-order valence-electron chi connectivity index (χ1n) is 5.51. The van der Waals surface area contributed by atoms with Crippen molar-refractivity contribution in [2.24, 2.45) is 0 Å². The highest BCUT2D eigenvalue weighted by atomic mass is 79.9. The molecule has 1 heterocycles. The fourth-order valence-corrected chi connectivity index (χ4v) is 3.57.